The highest BCUT2D eigenvalue weighted by molar-refractivity contribution is 6.33. The molecule has 1 atom stereocenters. The van der Waals surface area contributed by atoms with Gasteiger partial charge in [0.05, 0.1) is 11.9 Å². The van der Waals surface area contributed by atoms with Crippen molar-refractivity contribution in [2.24, 2.45) is 5.92 Å². The van der Waals surface area contributed by atoms with Crippen LogP contribution in [0.3, 0.4) is 0 Å². The van der Waals surface area contributed by atoms with Crippen LogP contribution in [0.5, 0.6) is 0 Å². The first-order chi connectivity index (χ1) is 8.99. The normalized spacial score (nSPS) is 20.1. The molecule has 0 unspecified atom stereocenters. The highest BCUT2D eigenvalue weighted by Crippen LogP contribution is 2.22. The van der Waals surface area contributed by atoms with Gasteiger partial charge in [0.25, 0.3) is 5.56 Å². The molecule has 0 aliphatic carbocycles. The molecule has 1 aliphatic heterocycles. The van der Waals surface area contributed by atoms with Gasteiger partial charge >= 0.3 is 0 Å². The third-order valence-corrected chi connectivity index (χ3v) is 3.57. The molecule has 0 aromatic carbocycles. The number of halogens is 1. The van der Waals surface area contributed by atoms with Crippen molar-refractivity contribution in [2.45, 2.75) is 33.4 Å². The SMILES string of the molecule is CC(C)Cn1ncc(N2CCN[C@@H](C)C2)c(Cl)c1=O. The van der Waals surface area contributed by atoms with Crippen molar-refractivity contribution in [3.05, 3.63) is 21.6 Å². The second-order valence-electron chi connectivity index (χ2n) is 5.53. The fraction of sp³-hybridized carbons (Fsp3) is 0.692. The molecule has 1 fully saturated rings. The zero-order chi connectivity index (χ0) is 14.0. The fourth-order valence-electron chi connectivity index (χ4n) is 2.30. The highest BCUT2D eigenvalue weighted by atomic mass is 35.5. The average Bonchev–Trinajstić information content (AvgIpc) is 2.35. The van der Waals surface area contributed by atoms with E-state index >= 15 is 0 Å². The van der Waals surface area contributed by atoms with Gasteiger partial charge in [0.2, 0.25) is 0 Å². The lowest BCUT2D eigenvalue weighted by atomic mass is 10.2. The molecule has 6 heteroatoms. The van der Waals surface area contributed by atoms with E-state index in [1.807, 2.05) is 13.8 Å². The predicted octanol–water partition coefficient (Wildman–Crippen LogP) is 1.35. The number of hydrogen-bond donors (Lipinski definition) is 1. The molecule has 5 nitrogen and oxygen atoms in total. The van der Waals surface area contributed by atoms with Gasteiger partial charge in [-0.1, -0.05) is 25.4 Å². The number of piperazine rings is 1. The summed E-state index contributed by atoms with van der Waals surface area (Å²) in [6, 6.07) is 0.392. The first-order valence-electron chi connectivity index (χ1n) is 6.73. The molecule has 1 aliphatic rings. The largest absolute Gasteiger partial charge is 0.366 e. The van der Waals surface area contributed by atoms with Crippen LogP contribution in [0.25, 0.3) is 0 Å². The van der Waals surface area contributed by atoms with Gasteiger partial charge in [-0.15, -0.1) is 0 Å². The van der Waals surface area contributed by atoms with E-state index in [4.69, 9.17) is 11.6 Å². The van der Waals surface area contributed by atoms with Crippen molar-refractivity contribution in [3.63, 3.8) is 0 Å². The summed E-state index contributed by atoms with van der Waals surface area (Å²) in [6.45, 7) is 9.40. The van der Waals surface area contributed by atoms with Crippen LogP contribution in [0.2, 0.25) is 5.02 Å². The Labute approximate surface area is 118 Å². The van der Waals surface area contributed by atoms with E-state index in [2.05, 4.69) is 22.2 Å². The van der Waals surface area contributed by atoms with E-state index in [1.54, 1.807) is 6.20 Å². The summed E-state index contributed by atoms with van der Waals surface area (Å²) >= 11 is 6.23. The Morgan fingerprint density at radius 3 is 2.95 bits per heavy atom. The van der Waals surface area contributed by atoms with Crippen LogP contribution in [0.1, 0.15) is 20.8 Å². The minimum atomic E-state index is -0.195. The molecule has 0 spiro atoms. The topological polar surface area (TPSA) is 50.2 Å². The summed E-state index contributed by atoms with van der Waals surface area (Å²) in [4.78, 5) is 14.3. The number of rotatable bonds is 3. The lowest BCUT2D eigenvalue weighted by Gasteiger charge is -2.33. The van der Waals surface area contributed by atoms with E-state index in [-0.39, 0.29) is 10.6 Å². The number of nitrogens with zero attached hydrogens (tertiary/aromatic N) is 3. The molecular weight excluding hydrogens is 264 g/mol. The smallest absolute Gasteiger partial charge is 0.287 e. The molecule has 1 N–H and O–H groups in total. The number of hydrogen-bond acceptors (Lipinski definition) is 4. The van der Waals surface area contributed by atoms with Crippen LogP contribution in [-0.4, -0.2) is 35.5 Å². The van der Waals surface area contributed by atoms with Gasteiger partial charge in [0, 0.05) is 32.2 Å². The molecule has 1 aromatic heterocycles. The standard InChI is InChI=1S/C13H21ClN4O/c1-9(2)7-18-13(19)12(14)11(6-16-18)17-5-4-15-10(3)8-17/h6,9-10,15H,4-5,7-8H2,1-3H3/t10-/m0/s1. The molecule has 1 saturated heterocycles. The number of aromatic nitrogens is 2. The Bertz CT molecular complexity index is 500. The second-order valence-corrected chi connectivity index (χ2v) is 5.90. The van der Waals surface area contributed by atoms with E-state index in [0.29, 0.717) is 18.5 Å². The molecule has 0 bridgehead atoms. The maximum absolute atomic E-state index is 12.2. The minimum Gasteiger partial charge on any atom is -0.366 e. The van der Waals surface area contributed by atoms with Crippen molar-refractivity contribution in [1.82, 2.24) is 15.1 Å². The van der Waals surface area contributed by atoms with Crippen LogP contribution in [0, 0.1) is 5.92 Å². The maximum Gasteiger partial charge on any atom is 0.287 e. The first-order valence-corrected chi connectivity index (χ1v) is 7.10. The summed E-state index contributed by atoms with van der Waals surface area (Å²) in [5, 5.41) is 7.88. The third kappa shape index (κ3) is 3.28. The van der Waals surface area contributed by atoms with E-state index in [0.717, 1.165) is 25.3 Å². The molecule has 0 saturated carbocycles. The molecule has 2 rings (SSSR count). The van der Waals surface area contributed by atoms with Gasteiger partial charge in [0.1, 0.15) is 5.02 Å². The van der Waals surface area contributed by atoms with Gasteiger partial charge in [-0.05, 0) is 12.8 Å². The van der Waals surface area contributed by atoms with Crippen LogP contribution in [0.4, 0.5) is 5.69 Å². The Balaban J connectivity index is 2.28. The Morgan fingerprint density at radius 1 is 1.58 bits per heavy atom. The Kier molecular flexibility index (Phi) is 4.47. The lowest BCUT2D eigenvalue weighted by molar-refractivity contribution is 0.459. The zero-order valence-corrected chi connectivity index (χ0v) is 12.4. The van der Waals surface area contributed by atoms with Crippen molar-refractivity contribution in [2.75, 3.05) is 24.5 Å². The van der Waals surface area contributed by atoms with Crippen LogP contribution < -0.4 is 15.8 Å². The van der Waals surface area contributed by atoms with Gasteiger partial charge in [-0.2, -0.15) is 5.10 Å². The van der Waals surface area contributed by atoms with Gasteiger partial charge in [0.15, 0.2) is 0 Å². The minimum absolute atomic E-state index is 0.195. The third-order valence-electron chi connectivity index (χ3n) is 3.21. The molecule has 1 aromatic rings. The second kappa shape index (κ2) is 5.92. The number of anilines is 1. The van der Waals surface area contributed by atoms with Crippen LogP contribution in [-0.2, 0) is 6.54 Å². The summed E-state index contributed by atoms with van der Waals surface area (Å²) in [5.41, 5.74) is 0.555. The van der Waals surface area contributed by atoms with Gasteiger partial charge in [-0.3, -0.25) is 4.79 Å². The highest BCUT2D eigenvalue weighted by Gasteiger charge is 2.20. The van der Waals surface area contributed by atoms with Crippen molar-refractivity contribution in [3.8, 4) is 0 Å². The fourth-order valence-corrected chi connectivity index (χ4v) is 2.57. The molecule has 19 heavy (non-hydrogen) atoms. The van der Waals surface area contributed by atoms with Crippen molar-refractivity contribution < 1.29 is 0 Å². The summed E-state index contributed by atoms with van der Waals surface area (Å²) < 4.78 is 1.45. The predicted molar refractivity (Wildman–Crippen MR) is 78.0 cm³/mol. The average molecular weight is 285 g/mol. The quantitative estimate of drug-likeness (QED) is 0.910. The summed E-state index contributed by atoms with van der Waals surface area (Å²) in [6.07, 6.45) is 1.71. The molecule has 0 radical (unpaired) electrons. The zero-order valence-electron chi connectivity index (χ0n) is 11.7. The molecule has 106 valence electrons. The van der Waals surface area contributed by atoms with Gasteiger partial charge in [-0.25, -0.2) is 4.68 Å². The Morgan fingerprint density at radius 2 is 2.32 bits per heavy atom. The van der Waals surface area contributed by atoms with Crippen LogP contribution >= 0.6 is 11.6 Å². The number of nitrogens with one attached hydrogen (secondary N) is 1. The monoisotopic (exact) mass is 284 g/mol. The van der Waals surface area contributed by atoms with E-state index < -0.39 is 0 Å². The summed E-state index contributed by atoms with van der Waals surface area (Å²) in [5.74, 6) is 0.367. The van der Waals surface area contributed by atoms with Crippen molar-refractivity contribution >= 4 is 17.3 Å². The molecular formula is C13H21ClN4O. The molecule has 0 amide bonds. The van der Waals surface area contributed by atoms with Crippen molar-refractivity contribution in [1.29, 1.82) is 0 Å². The molecule has 2 heterocycles. The maximum atomic E-state index is 12.2. The van der Waals surface area contributed by atoms with E-state index in [9.17, 15) is 4.79 Å². The first kappa shape index (κ1) is 14.3. The lowest BCUT2D eigenvalue weighted by Crippen LogP contribution is -2.49. The van der Waals surface area contributed by atoms with Gasteiger partial charge < -0.3 is 10.2 Å². The Hall–Kier alpha value is -1.07. The summed E-state index contributed by atoms with van der Waals surface area (Å²) in [7, 11) is 0. The van der Waals surface area contributed by atoms with Crippen LogP contribution in [0.15, 0.2) is 11.0 Å². The van der Waals surface area contributed by atoms with E-state index in [1.165, 1.54) is 4.68 Å².